The van der Waals surface area contributed by atoms with Crippen LogP contribution in [0.25, 0.3) is 6.08 Å². The normalized spacial score (nSPS) is 15.6. The summed E-state index contributed by atoms with van der Waals surface area (Å²) in [6.07, 6.45) is 3.00. The van der Waals surface area contributed by atoms with Gasteiger partial charge in [-0.2, -0.15) is 0 Å². The number of methoxy groups -OCH3 is 4. The first-order valence-corrected chi connectivity index (χ1v) is 15.6. The van der Waals surface area contributed by atoms with Crippen LogP contribution in [0.15, 0.2) is 36.4 Å². The molecule has 270 valence electrons. The topological polar surface area (TPSA) is 199 Å². The Balaban J connectivity index is 1.62. The fraction of sp³-hybridized carbons (Fsp3) is 0.485. The standard InChI is InChI=1S/C33H46N4O12/c1-42-26-7-5-22(17-27(26)43-2)6-8-30(38)35-24-20-25(32(39)36-41)37(21-24)33(40)23-18-28(44-3)31(29(19-23)45-4)49-16-15-48-14-13-47-12-11-46-10-9-34/h5-8,17-19,24-25,41H,9-16,20-21,34H2,1-4H3,(H,35,38)(H,36,39)/b8-6+/t24-,25+/m1/s1. The lowest BCUT2D eigenvalue weighted by atomic mass is 10.1. The molecule has 1 saturated heterocycles. The van der Waals surface area contributed by atoms with Crippen molar-refractivity contribution in [2.45, 2.75) is 18.5 Å². The van der Waals surface area contributed by atoms with E-state index in [0.717, 1.165) is 0 Å². The lowest BCUT2D eigenvalue weighted by molar-refractivity contribution is -0.133. The predicted molar refractivity (Wildman–Crippen MR) is 176 cm³/mol. The monoisotopic (exact) mass is 690 g/mol. The van der Waals surface area contributed by atoms with Crippen LogP contribution in [0.1, 0.15) is 22.3 Å². The number of amides is 3. The third-order valence-corrected chi connectivity index (χ3v) is 7.34. The Hall–Kier alpha value is -4.61. The van der Waals surface area contributed by atoms with Gasteiger partial charge in [0.1, 0.15) is 12.6 Å². The molecule has 2 aromatic rings. The molecule has 1 aliphatic heterocycles. The third-order valence-electron chi connectivity index (χ3n) is 7.34. The quantitative estimate of drug-likeness (QED) is 0.0628. The van der Waals surface area contributed by atoms with E-state index in [-0.39, 0.29) is 49.0 Å². The minimum atomic E-state index is -1.06. The van der Waals surface area contributed by atoms with Crippen molar-refractivity contribution in [1.82, 2.24) is 15.7 Å². The number of benzene rings is 2. The van der Waals surface area contributed by atoms with E-state index in [1.165, 1.54) is 51.5 Å². The molecule has 2 atom stereocenters. The van der Waals surface area contributed by atoms with Crippen molar-refractivity contribution in [3.05, 3.63) is 47.5 Å². The summed E-state index contributed by atoms with van der Waals surface area (Å²) in [4.78, 5) is 40.4. The Labute approximate surface area is 285 Å². The van der Waals surface area contributed by atoms with E-state index >= 15 is 0 Å². The molecule has 0 saturated carbocycles. The van der Waals surface area contributed by atoms with Crippen molar-refractivity contribution in [3.63, 3.8) is 0 Å². The van der Waals surface area contributed by atoms with E-state index in [1.54, 1.807) is 29.8 Å². The number of carbonyl (C=O) groups excluding carboxylic acids is 3. The van der Waals surface area contributed by atoms with Crippen molar-refractivity contribution in [1.29, 1.82) is 0 Å². The number of rotatable bonds is 21. The van der Waals surface area contributed by atoms with Crippen LogP contribution in [0, 0.1) is 0 Å². The molecule has 0 unspecified atom stereocenters. The van der Waals surface area contributed by atoms with E-state index in [2.05, 4.69) is 5.32 Å². The molecule has 1 aliphatic rings. The van der Waals surface area contributed by atoms with Gasteiger partial charge in [-0.05, 0) is 42.3 Å². The maximum Gasteiger partial charge on any atom is 0.266 e. The van der Waals surface area contributed by atoms with Crippen LogP contribution in [-0.4, -0.2) is 128 Å². The van der Waals surface area contributed by atoms with Gasteiger partial charge in [0, 0.05) is 30.8 Å². The van der Waals surface area contributed by atoms with E-state index in [9.17, 15) is 19.6 Å². The fourth-order valence-corrected chi connectivity index (χ4v) is 5.01. The van der Waals surface area contributed by atoms with E-state index < -0.39 is 29.8 Å². The summed E-state index contributed by atoms with van der Waals surface area (Å²) >= 11 is 0. The Morgan fingerprint density at radius 1 is 0.837 bits per heavy atom. The lowest BCUT2D eigenvalue weighted by Gasteiger charge is -2.24. The second kappa shape index (κ2) is 20.7. The van der Waals surface area contributed by atoms with Crippen LogP contribution < -0.4 is 40.2 Å². The molecular weight excluding hydrogens is 644 g/mol. The number of carbonyl (C=O) groups is 3. The summed E-state index contributed by atoms with van der Waals surface area (Å²) in [5.41, 5.74) is 7.81. The van der Waals surface area contributed by atoms with Gasteiger partial charge in [0.25, 0.3) is 11.8 Å². The first kappa shape index (κ1) is 38.8. The van der Waals surface area contributed by atoms with Gasteiger partial charge in [-0.25, -0.2) is 5.48 Å². The Kier molecular flexibility index (Phi) is 16.4. The van der Waals surface area contributed by atoms with Crippen molar-refractivity contribution in [2.75, 3.05) is 87.8 Å². The second-order valence-corrected chi connectivity index (χ2v) is 10.5. The highest BCUT2D eigenvalue weighted by Crippen LogP contribution is 2.39. The minimum Gasteiger partial charge on any atom is -0.493 e. The number of hydrogen-bond acceptors (Lipinski definition) is 13. The smallest absolute Gasteiger partial charge is 0.266 e. The number of ether oxygens (including phenoxy) is 8. The first-order chi connectivity index (χ1) is 23.8. The molecule has 16 heteroatoms. The van der Waals surface area contributed by atoms with Gasteiger partial charge < -0.3 is 53.8 Å². The average molecular weight is 691 g/mol. The zero-order valence-electron chi connectivity index (χ0n) is 28.2. The maximum atomic E-state index is 13.8. The molecule has 0 aromatic heterocycles. The Morgan fingerprint density at radius 3 is 2.00 bits per heavy atom. The van der Waals surface area contributed by atoms with Crippen LogP contribution in [0.5, 0.6) is 28.7 Å². The highest BCUT2D eigenvalue weighted by atomic mass is 16.6. The van der Waals surface area contributed by atoms with Gasteiger partial charge >= 0.3 is 0 Å². The molecule has 16 nitrogen and oxygen atoms in total. The van der Waals surface area contributed by atoms with Crippen LogP contribution in [0.2, 0.25) is 0 Å². The molecule has 1 heterocycles. The first-order valence-electron chi connectivity index (χ1n) is 15.6. The van der Waals surface area contributed by atoms with Crippen molar-refractivity contribution in [3.8, 4) is 28.7 Å². The molecule has 0 radical (unpaired) electrons. The summed E-state index contributed by atoms with van der Waals surface area (Å²) in [5.74, 6) is -0.0292. The van der Waals surface area contributed by atoms with Gasteiger partial charge in [-0.1, -0.05) is 6.07 Å². The average Bonchev–Trinajstić information content (AvgIpc) is 3.55. The summed E-state index contributed by atoms with van der Waals surface area (Å²) < 4.78 is 43.6. The van der Waals surface area contributed by atoms with Gasteiger partial charge in [-0.15, -0.1) is 0 Å². The van der Waals surface area contributed by atoms with E-state index in [1.807, 2.05) is 0 Å². The molecule has 2 aromatic carbocycles. The van der Waals surface area contributed by atoms with Crippen molar-refractivity contribution >= 4 is 23.8 Å². The molecule has 3 amide bonds. The van der Waals surface area contributed by atoms with Gasteiger partial charge in [0.2, 0.25) is 11.7 Å². The number of nitrogens with two attached hydrogens (primary N) is 1. The van der Waals surface area contributed by atoms with Crippen LogP contribution in [0.4, 0.5) is 0 Å². The molecule has 0 spiro atoms. The SMILES string of the molecule is COc1ccc(/C=C/C(=O)N[C@@H]2C[C@@H](C(=O)NO)N(C(=O)c3cc(OC)c(OCCOCCOCCOCCN)c(OC)c3)C2)cc1OC. The molecule has 0 aliphatic carbocycles. The van der Waals surface area contributed by atoms with Crippen LogP contribution in [-0.2, 0) is 23.8 Å². The molecule has 5 N–H and O–H groups in total. The maximum absolute atomic E-state index is 13.8. The summed E-state index contributed by atoms with van der Waals surface area (Å²) in [6, 6.07) is 6.47. The number of hydrogen-bond donors (Lipinski definition) is 4. The second-order valence-electron chi connectivity index (χ2n) is 10.5. The lowest BCUT2D eigenvalue weighted by Crippen LogP contribution is -2.45. The number of likely N-dealkylation sites (tertiary alicyclic amines) is 1. The van der Waals surface area contributed by atoms with E-state index in [4.69, 9.17) is 43.6 Å². The Morgan fingerprint density at radius 2 is 1.43 bits per heavy atom. The summed E-state index contributed by atoms with van der Waals surface area (Å²) in [6.45, 7) is 3.01. The number of nitrogens with one attached hydrogen (secondary N) is 2. The molecule has 1 fully saturated rings. The third kappa shape index (κ3) is 11.5. The van der Waals surface area contributed by atoms with E-state index in [0.29, 0.717) is 56.6 Å². The minimum absolute atomic E-state index is 0.00246. The van der Waals surface area contributed by atoms with Crippen molar-refractivity contribution < 1.29 is 57.5 Å². The van der Waals surface area contributed by atoms with Crippen molar-refractivity contribution in [2.24, 2.45) is 5.73 Å². The van der Waals surface area contributed by atoms with Gasteiger partial charge in [0.15, 0.2) is 23.0 Å². The zero-order chi connectivity index (χ0) is 35.6. The number of hydroxylamine groups is 1. The van der Waals surface area contributed by atoms with Gasteiger partial charge in [-0.3, -0.25) is 19.6 Å². The molecule has 0 bridgehead atoms. The molecule has 49 heavy (non-hydrogen) atoms. The predicted octanol–water partition coefficient (Wildman–Crippen LogP) is 1.03. The highest BCUT2D eigenvalue weighted by molar-refractivity contribution is 5.99. The summed E-state index contributed by atoms with van der Waals surface area (Å²) in [5, 5.41) is 12.2. The zero-order valence-corrected chi connectivity index (χ0v) is 28.2. The number of nitrogens with zero attached hydrogens (tertiary/aromatic N) is 1. The molecule has 3 rings (SSSR count). The largest absolute Gasteiger partial charge is 0.493 e. The van der Waals surface area contributed by atoms with Crippen LogP contribution in [0.3, 0.4) is 0 Å². The fourth-order valence-electron chi connectivity index (χ4n) is 5.01. The Bertz CT molecular complexity index is 1380. The van der Waals surface area contributed by atoms with Gasteiger partial charge in [0.05, 0.1) is 68.1 Å². The highest BCUT2D eigenvalue weighted by Gasteiger charge is 2.40. The molecular formula is C33H46N4O12. The van der Waals surface area contributed by atoms with Crippen LogP contribution >= 0.6 is 0 Å². The summed E-state index contributed by atoms with van der Waals surface area (Å²) in [7, 11) is 5.87.